The number of aliphatic hydroxyl groups is 1. The molecular formula is C12H28N2O2. The zero-order chi connectivity index (χ0) is 12.4. The van der Waals surface area contributed by atoms with Gasteiger partial charge in [-0.15, -0.1) is 0 Å². The maximum absolute atomic E-state index is 9.85. The van der Waals surface area contributed by atoms with Crippen molar-refractivity contribution < 1.29 is 9.84 Å². The maximum Gasteiger partial charge on any atom is 0.0791 e. The molecule has 0 fully saturated rings. The van der Waals surface area contributed by atoms with Gasteiger partial charge in [-0.25, -0.2) is 0 Å². The van der Waals surface area contributed by atoms with Gasteiger partial charge in [0.1, 0.15) is 0 Å². The summed E-state index contributed by atoms with van der Waals surface area (Å²) in [4.78, 5) is 2.24. The summed E-state index contributed by atoms with van der Waals surface area (Å²) in [5.41, 5.74) is 0. The van der Waals surface area contributed by atoms with Gasteiger partial charge in [-0.2, -0.15) is 0 Å². The Kier molecular flexibility index (Phi) is 9.92. The summed E-state index contributed by atoms with van der Waals surface area (Å²) in [6.45, 7) is 10.3. The van der Waals surface area contributed by atoms with Crippen molar-refractivity contribution in [3.63, 3.8) is 0 Å². The van der Waals surface area contributed by atoms with Crippen molar-refractivity contribution >= 4 is 0 Å². The van der Waals surface area contributed by atoms with Crippen molar-refractivity contribution in [2.45, 2.75) is 39.3 Å². The second-order valence-corrected chi connectivity index (χ2v) is 4.44. The molecule has 0 aromatic rings. The van der Waals surface area contributed by atoms with Crippen molar-refractivity contribution in [1.29, 1.82) is 0 Å². The number of nitrogens with one attached hydrogen (secondary N) is 1. The molecule has 0 heterocycles. The van der Waals surface area contributed by atoms with Crippen LogP contribution in [0.25, 0.3) is 0 Å². The fraction of sp³-hybridized carbons (Fsp3) is 1.00. The molecule has 0 spiro atoms. The topological polar surface area (TPSA) is 44.7 Å². The molecule has 0 aliphatic rings. The van der Waals surface area contributed by atoms with E-state index in [0.29, 0.717) is 25.7 Å². The number of aliphatic hydroxyl groups excluding tert-OH is 1. The normalized spacial score (nSPS) is 13.7. The minimum absolute atomic E-state index is 0.300. The highest BCUT2D eigenvalue weighted by atomic mass is 16.5. The second-order valence-electron chi connectivity index (χ2n) is 4.44. The first-order valence-corrected chi connectivity index (χ1v) is 6.23. The lowest BCUT2D eigenvalue weighted by Crippen LogP contribution is -2.43. The zero-order valence-electron chi connectivity index (χ0n) is 11.2. The van der Waals surface area contributed by atoms with Crippen LogP contribution in [-0.4, -0.2) is 62.0 Å². The molecular weight excluding hydrogens is 204 g/mol. The molecule has 0 saturated carbocycles. The number of hydrogen-bond donors (Lipinski definition) is 2. The molecule has 0 rings (SSSR count). The molecule has 4 heteroatoms. The predicted octanol–water partition coefficient (Wildman–Crippen LogP) is 0.704. The van der Waals surface area contributed by atoms with Gasteiger partial charge in [-0.05, 0) is 26.8 Å². The van der Waals surface area contributed by atoms with E-state index >= 15 is 0 Å². The summed E-state index contributed by atoms with van der Waals surface area (Å²) in [5, 5.41) is 13.1. The highest BCUT2D eigenvalue weighted by Gasteiger charge is 2.13. The number of hydrogen-bond acceptors (Lipinski definition) is 4. The molecule has 4 nitrogen and oxygen atoms in total. The van der Waals surface area contributed by atoms with E-state index in [-0.39, 0.29) is 6.10 Å². The second kappa shape index (κ2) is 10.0. The van der Waals surface area contributed by atoms with Crippen LogP contribution in [-0.2, 0) is 4.74 Å². The molecule has 2 N–H and O–H groups in total. The lowest BCUT2D eigenvalue weighted by Gasteiger charge is -2.28. The van der Waals surface area contributed by atoms with Gasteiger partial charge in [-0.1, -0.05) is 6.92 Å². The van der Waals surface area contributed by atoms with Crippen LogP contribution < -0.4 is 5.32 Å². The lowest BCUT2D eigenvalue weighted by molar-refractivity contribution is 0.0722. The van der Waals surface area contributed by atoms with Crippen molar-refractivity contribution in [2.75, 3.05) is 39.9 Å². The molecule has 0 radical (unpaired) electrons. The standard InChI is InChI=1S/C12H28N2O2/c1-5-6-13-9-12(15)10-14(11(2)3)7-8-16-4/h11-13,15H,5-10H2,1-4H3. The van der Waals surface area contributed by atoms with Gasteiger partial charge < -0.3 is 15.2 Å². The Bertz CT molecular complexity index is 154. The van der Waals surface area contributed by atoms with Crippen LogP contribution in [0.5, 0.6) is 0 Å². The molecule has 0 aliphatic carbocycles. The van der Waals surface area contributed by atoms with Gasteiger partial charge in [0.05, 0.1) is 12.7 Å². The number of ether oxygens (including phenoxy) is 1. The minimum Gasteiger partial charge on any atom is -0.390 e. The first-order chi connectivity index (χ1) is 7.61. The van der Waals surface area contributed by atoms with Gasteiger partial charge in [0.15, 0.2) is 0 Å². The third-order valence-electron chi connectivity index (χ3n) is 2.56. The Morgan fingerprint density at radius 2 is 2.06 bits per heavy atom. The average molecular weight is 232 g/mol. The Balaban J connectivity index is 3.78. The van der Waals surface area contributed by atoms with Crippen LogP contribution in [0.4, 0.5) is 0 Å². The first kappa shape index (κ1) is 15.8. The van der Waals surface area contributed by atoms with E-state index in [2.05, 4.69) is 31.0 Å². The summed E-state index contributed by atoms with van der Waals surface area (Å²) in [6, 6.07) is 0.441. The van der Waals surface area contributed by atoms with E-state index in [4.69, 9.17) is 4.74 Å². The fourth-order valence-electron chi connectivity index (χ4n) is 1.55. The molecule has 0 amide bonds. The lowest BCUT2D eigenvalue weighted by atomic mass is 10.2. The third kappa shape index (κ3) is 8.05. The van der Waals surface area contributed by atoms with Crippen molar-refractivity contribution in [1.82, 2.24) is 10.2 Å². The highest BCUT2D eigenvalue weighted by molar-refractivity contribution is 4.69. The van der Waals surface area contributed by atoms with Crippen LogP contribution >= 0.6 is 0 Å². The molecule has 16 heavy (non-hydrogen) atoms. The predicted molar refractivity (Wildman–Crippen MR) is 67.8 cm³/mol. The largest absolute Gasteiger partial charge is 0.390 e. The fourth-order valence-corrected chi connectivity index (χ4v) is 1.55. The monoisotopic (exact) mass is 232 g/mol. The SMILES string of the molecule is CCCNCC(O)CN(CCOC)C(C)C. The summed E-state index contributed by atoms with van der Waals surface area (Å²) in [7, 11) is 1.71. The molecule has 0 bridgehead atoms. The summed E-state index contributed by atoms with van der Waals surface area (Å²) in [6.07, 6.45) is 0.801. The highest BCUT2D eigenvalue weighted by Crippen LogP contribution is 1.99. The van der Waals surface area contributed by atoms with Gasteiger partial charge in [0.25, 0.3) is 0 Å². The van der Waals surface area contributed by atoms with Crippen LogP contribution in [0.15, 0.2) is 0 Å². The molecule has 0 saturated heterocycles. The quantitative estimate of drug-likeness (QED) is 0.544. The van der Waals surface area contributed by atoms with Crippen molar-refractivity contribution in [2.24, 2.45) is 0 Å². The van der Waals surface area contributed by atoms with Gasteiger partial charge in [-0.3, -0.25) is 4.90 Å². The molecule has 1 unspecified atom stereocenters. The summed E-state index contributed by atoms with van der Waals surface area (Å²) in [5.74, 6) is 0. The van der Waals surface area contributed by atoms with E-state index in [9.17, 15) is 5.11 Å². The van der Waals surface area contributed by atoms with Crippen molar-refractivity contribution in [3.8, 4) is 0 Å². The first-order valence-electron chi connectivity index (χ1n) is 6.23. The number of methoxy groups -OCH3 is 1. The number of rotatable bonds is 10. The van der Waals surface area contributed by atoms with E-state index in [1.54, 1.807) is 7.11 Å². The molecule has 0 aromatic carbocycles. The summed E-state index contributed by atoms with van der Waals surface area (Å²) >= 11 is 0. The van der Waals surface area contributed by atoms with E-state index in [1.165, 1.54) is 0 Å². The van der Waals surface area contributed by atoms with Gasteiger partial charge in [0, 0.05) is 32.8 Å². The summed E-state index contributed by atoms with van der Waals surface area (Å²) < 4.78 is 5.06. The molecule has 98 valence electrons. The van der Waals surface area contributed by atoms with Crippen LogP contribution in [0, 0.1) is 0 Å². The van der Waals surface area contributed by atoms with Crippen LogP contribution in [0.3, 0.4) is 0 Å². The maximum atomic E-state index is 9.85. The van der Waals surface area contributed by atoms with Gasteiger partial charge in [0.2, 0.25) is 0 Å². The minimum atomic E-state index is -0.300. The van der Waals surface area contributed by atoms with Crippen molar-refractivity contribution in [3.05, 3.63) is 0 Å². The smallest absolute Gasteiger partial charge is 0.0791 e. The molecule has 0 aliphatic heterocycles. The van der Waals surface area contributed by atoms with E-state index in [0.717, 1.165) is 19.5 Å². The molecule has 1 atom stereocenters. The third-order valence-corrected chi connectivity index (χ3v) is 2.56. The van der Waals surface area contributed by atoms with Crippen LogP contribution in [0.2, 0.25) is 0 Å². The Morgan fingerprint density at radius 3 is 2.56 bits per heavy atom. The Morgan fingerprint density at radius 1 is 1.38 bits per heavy atom. The van der Waals surface area contributed by atoms with Gasteiger partial charge >= 0.3 is 0 Å². The van der Waals surface area contributed by atoms with Crippen LogP contribution in [0.1, 0.15) is 27.2 Å². The van der Waals surface area contributed by atoms with E-state index < -0.39 is 0 Å². The van der Waals surface area contributed by atoms with E-state index in [1.807, 2.05) is 0 Å². The average Bonchev–Trinajstić information content (AvgIpc) is 2.24. The number of nitrogens with zero attached hydrogens (tertiary/aromatic N) is 1. The Labute approximate surface area is 100.0 Å². The molecule has 0 aromatic heterocycles. The zero-order valence-corrected chi connectivity index (χ0v) is 11.2. The Hall–Kier alpha value is -0.160.